The van der Waals surface area contributed by atoms with Crippen molar-refractivity contribution < 1.29 is 19.4 Å². The lowest BCUT2D eigenvalue weighted by Gasteiger charge is -2.17. The summed E-state index contributed by atoms with van der Waals surface area (Å²) in [5.41, 5.74) is 7.67. The number of rotatable bonds is 11. The molecule has 3 aromatic heterocycles. The zero-order valence-electron chi connectivity index (χ0n) is 28.9. The number of aliphatic hydroxyl groups is 2. The monoisotopic (exact) mass is 749 g/mol. The molecule has 6 aromatic rings. The van der Waals surface area contributed by atoms with Crippen LogP contribution in [0, 0.1) is 11.3 Å². The van der Waals surface area contributed by atoms with Crippen LogP contribution in [0.3, 0.4) is 0 Å². The first-order chi connectivity index (χ1) is 25.8. The predicted molar refractivity (Wildman–Crippen MR) is 205 cm³/mol. The van der Waals surface area contributed by atoms with Crippen LogP contribution in [-0.2, 0) is 17.7 Å². The average molecular weight is 751 g/mol. The maximum Gasteiger partial charge on any atom is 0.228 e. The number of halogens is 2. The highest BCUT2D eigenvalue weighted by molar-refractivity contribution is 6.39. The zero-order valence-corrected chi connectivity index (χ0v) is 30.5. The smallest absolute Gasteiger partial charge is 0.228 e. The summed E-state index contributed by atoms with van der Waals surface area (Å²) in [4.78, 5) is 16.4. The zero-order chi connectivity index (χ0) is 36.6. The molecule has 0 spiro atoms. The molecule has 3 aromatic carbocycles. The number of likely N-dealkylation sites (tertiary alicyclic amines) is 1. The van der Waals surface area contributed by atoms with Gasteiger partial charge in [0.15, 0.2) is 17.7 Å². The minimum Gasteiger partial charge on any atom is -0.435 e. The van der Waals surface area contributed by atoms with Crippen molar-refractivity contribution in [1.29, 1.82) is 5.26 Å². The predicted octanol–water partition coefficient (Wildman–Crippen LogP) is 7.53. The molecule has 11 nitrogen and oxygen atoms in total. The second kappa shape index (κ2) is 15.0. The van der Waals surface area contributed by atoms with Gasteiger partial charge in [-0.25, -0.2) is 9.97 Å². The molecule has 53 heavy (non-hydrogen) atoms. The van der Waals surface area contributed by atoms with Gasteiger partial charge >= 0.3 is 0 Å². The number of oxazole rings is 1. The molecular weight excluding hydrogens is 713 g/mol. The molecule has 1 saturated heterocycles. The van der Waals surface area contributed by atoms with Crippen LogP contribution in [0.25, 0.3) is 44.6 Å². The summed E-state index contributed by atoms with van der Waals surface area (Å²) in [6, 6.07) is 19.5. The molecule has 2 aliphatic rings. The fourth-order valence-electron chi connectivity index (χ4n) is 7.46. The molecule has 0 bridgehead atoms. The topological polar surface area (TPSA) is 153 Å². The molecule has 1 aliphatic carbocycles. The Bertz CT molecular complexity index is 2380. The molecule has 1 fully saturated rings. The highest BCUT2D eigenvalue weighted by Crippen LogP contribution is 2.44. The maximum atomic E-state index is 10.2. The van der Waals surface area contributed by atoms with Crippen LogP contribution < -0.4 is 10.6 Å². The molecule has 270 valence electrons. The van der Waals surface area contributed by atoms with E-state index in [1.54, 1.807) is 6.20 Å². The van der Waals surface area contributed by atoms with E-state index in [-0.39, 0.29) is 18.7 Å². The van der Waals surface area contributed by atoms with Gasteiger partial charge in [-0.15, -0.1) is 0 Å². The molecule has 1 unspecified atom stereocenters. The average Bonchev–Trinajstić information content (AvgIpc) is 3.89. The summed E-state index contributed by atoms with van der Waals surface area (Å²) in [6.07, 6.45) is 4.68. The molecule has 8 rings (SSSR count). The number of pyridine rings is 2. The lowest BCUT2D eigenvalue weighted by atomic mass is 10.0. The van der Waals surface area contributed by atoms with E-state index < -0.39 is 6.29 Å². The van der Waals surface area contributed by atoms with Crippen molar-refractivity contribution in [3.05, 3.63) is 99.3 Å². The van der Waals surface area contributed by atoms with Crippen molar-refractivity contribution in [1.82, 2.24) is 25.2 Å². The Hall–Kier alpha value is -4.64. The van der Waals surface area contributed by atoms with Crippen LogP contribution in [0.5, 0.6) is 0 Å². The van der Waals surface area contributed by atoms with Gasteiger partial charge in [-0.3, -0.25) is 9.88 Å². The van der Waals surface area contributed by atoms with E-state index >= 15 is 0 Å². The van der Waals surface area contributed by atoms with E-state index in [4.69, 9.17) is 42.3 Å². The number of nitrogens with zero attached hydrogens (tertiary/aromatic N) is 5. The Morgan fingerprint density at radius 2 is 1.89 bits per heavy atom. The van der Waals surface area contributed by atoms with Crippen LogP contribution >= 0.6 is 23.2 Å². The number of nitriles is 1. The third kappa shape index (κ3) is 6.96. The van der Waals surface area contributed by atoms with E-state index in [0.717, 1.165) is 48.0 Å². The van der Waals surface area contributed by atoms with Gasteiger partial charge in [0.25, 0.3) is 0 Å². The van der Waals surface area contributed by atoms with Crippen LogP contribution in [-0.4, -0.2) is 68.7 Å². The van der Waals surface area contributed by atoms with Gasteiger partial charge in [0, 0.05) is 67.7 Å². The molecule has 0 saturated carbocycles. The summed E-state index contributed by atoms with van der Waals surface area (Å²) in [5.74, 6) is 0.860. The standard InChI is InChI=1S/C40H37Cl2N7O4/c1-2-52-34(51)19-45-31-10-9-25-29(31)16-33-38(30(25)17-43)53-40(48-33)28-7-3-5-26(35(28)41)27-6-4-8-32(36(27)42)47-39-37-23(11-13-44-39)15-22(18-46-37)20-49-14-12-24(50)21-49/h3-8,11,13,15-16,18,24,31,34,45,50-51H,2,9-10,12,14,19-21H2,1H3,(H,44,47)/t24-,31+,34?/m1/s1. The van der Waals surface area contributed by atoms with E-state index in [0.29, 0.717) is 85.9 Å². The van der Waals surface area contributed by atoms with Crippen LogP contribution in [0.15, 0.2) is 71.4 Å². The number of nitrogens with one attached hydrogen (secondary N) is 2. The number of hydrogen-bond acceptors (Lipinski definition) is 11. The third-order valence-electron chi connectivity index (χ3n) is 9.97. The highest BCUT2D eigenvalue weighted by atomic mass is 35.5. The first kappa shape index (κ1) is 35.4. The van der Waals surface area contributed by atoms with Gasteiger partial charge < -0.3 is 30.0 Å². The minimum absolute atomic E-state index is 0.0559. The molecule has 1 aliphatic heterocycles. The van der Waals surface area contributed by atoms with Gasteiger partial charge in [0.05, 0.1) is 27.4 Å². The lowest BCUT2D eigenvalue weighted by molar-refractivity contribution is -0.0925. The fraction of sp³-hybridized carbons (Fsp3) is 0.300. The van der Waals surface area contributed by atoms with Gasteiger partial charge in [-0.1, -0.05) is 47.5 Å². The molecular formula is C40H37Cl2N7O4. The van der Waals surface area contributed by atoms with Gasteiger partial charge in [-0.05, 0) is 73.2 Å². The summed E-state index contributed by atoms with van der Waals surface area (Å²) < 4.78 is 11.6. The summed E-state index contributed by atoms with van der Waals surface area (Å²) in [5, 5.41) is 38.7. The largest absolute Gasteiger partial charge is 0.435 e. The van der Waals surface area contributed by atoms with Crippen molar-refractivity contribution in [2.45, 2.75) is 51.2 Å². The number of benzene rings is 3. The van der Waals surface area contributed by atoms with E-state index in [1.165, 1.54) is 0 Å². The fourth-order valence-corrected chi connectivity index (χ4v) is 8.04. The number of hydrogen-bond donors (Lipinski definition) is 4. The van der Waals surface area contributed by atoms with Crippen molar-refractivity contribution in [2.24, 2.45) is 0 Å². The quantitative estimate of drug-likeness (QED) is 0.0973. The number of aromatic nitrogens is 3. The first-order valence-corrected chi connectivity index (χ1v) is 18.4. The van der Waals surface area contributed by atoms with Crippen LogP contribution in [0.2, 0.25) is 10.0 Å². The number of fused-ring (bicyclic) bond motifs is 3. The lowest BCUT2D eigenvalue weighted by Crippen LogP contribution is -2.31. The van der Waals surface area contributed by atoms with Gasteiger partial charge in [0.1, 0.15) is 22.7 Å². The van der Waals surface area contributed by atoms with Gasteiger partial charge in [0.2, 0.25) is 5.89 Å². The summed E-state index contributed by atoms with van der Waals surface area (Å²) in [6.45, 7) is 4.78. The van der Waals surface area contributed by atoms with Crippen molar-refractivity contribution in [2.75, 3.05) is 31.6 Å². The number of anilines is 2. The molecule has 0 amide bonds. The first-order valence-electron chi connectivity index (χ1n) is 17.7. The molecule has 0 radical (unpaired) electrons. The normalized spacial score (nSPS) is 17.7. The molecule has 4 N–H and O–H groups in total. The number of β-amino-alcohol motifs (C(OH)–C–C–N with tert-alkyl or cyclic N) is 1. The molecule has 3 atom stereocenters. The second-order valence-electron chi connectivity index (χ2n) is 13.4. The Balaban J connectivity index is 1.08. The SMILES string of the molecule is CCOC(O)CN[C@H]1CCc2c1cc1nc(-c3cccc(-c4cccc(Nc5nccc6cc(CN7CC[C@@H](O)C7)cnc56)c4Cl)c3Cl)oc1c2C#N. The third-order valence-corrected chi connectivity index (χ3v) is 10.8. The van der Waals surface area contributed by atoms with Crippen molar-refractivity contribution >= 4 is 56.7 Å². The van der Waals surface area contributed by atoms with Crippen molar-refractivity contribution in [3.63, 3.8) is 0 Å². The Kier molecular flexibility index (Phi) is 10.0. The summed E-state index contributed by atoms with van der Waals surface area (Å²) in [7, 11) is 0. The number of ether oxygens (including phenoxy) is 1. The van der Waals surface area contributed by atoms with E-state index in [1.807, 2.05) is 61.7 Å². The van der Waals surface area contributed by atoms with E-state index in [2.05, 4.69) is 32.7 Å². The van der Waals surface area contributed by atoms with E-state index in [9.17, 15) is 15.5 Å². The molecule has 4 heterocycles. The van der Waals surface area contributed by atoms with Crippen molar-refractivity contribution in [3.8, 4) is 28.7 Å². The van der Waals surface area contributed by atoms with Gasteiger partial charge in [-0.2, -0.15) is 5.26 Å². The Morgan fingerprint density at radius 1 is 1.08 bits per heavy atom. The Labute approximate surface area is 316 Å². The number of aliphatic hydroxyl groups excluding tert-OH is 2. The molecule has 13 heteroatoms. The van der Waals surface area contributed by atoms with Crippen LogP contribution in [0.1, 0.15) is 48.1 Å². The summed E-state index contributed by atoms with van der Waals surface area (Å²) >= 11 is 14.2. The highest BCUT2D eigenvalue weighted by Gasteiger charge is 2.29. The van der Waals surface area contributed by atoms with Crippen LogP contribution in [0.4, 0.5) is 11.5 Å². The minimum atomic E-state index is -0.913. The maximum absolute atomic E-state index is 10.2. The Morgan fingerprint density at radius 3 is 2.68 bits per heavy atom. The second-order valence-corrected chi connectivity index (χ2v) is 14.2.